The summed E-state index contributed by atoms with van der Waals surface area (Å²) in [6, 6.07) is 5.82. The zero-order valence-corrected chi connectivity index (χ0v) is 13.7. The van der Waals surface area contributed by atoms with Gasteiger partial charge in [-0.1, -0.05) is 23.2 Å². The van der Waals surface area contributed by atoms with Gasteiger partial charge in [0.05, 0.1) is 16.2 Å². The highest BCUT2D eigenvalue weighted by molar-refractivity contribution is 6.42. The van der Waals surface area contributed by atoms with Crippen LogP contribution in [0.4, 0.5) is 14.5 Å². The molecule has 0 saturated heterocycles. The molecule has 2 heterocycles. The molecule has 0 fully saturated rings. The number of amides is 1. The number of rotatable bonds is 3. The number of aryl methyl sites for hydroxylation is 1. The summed E-state index contributed by atoms with van der Waals surface area (Å²) in [5, 5.41) is 7.08. The molecule has 0 atom stereocenters. The first-order valence-corrected chi connectivity index (χ1v) is 7.52. The SMILES string of the molecule is Cc1cc(C(F)F)n2ncc(C(=O)Nc3ccc(Cl)c(Cl)c3)c2n1. The van der Waals surface area contributed by atoms with Crippen LogP contribution >= 0.6 is 23.2 Å². The van der Waals surface area contributed by atoms with Crippen LogP contribution in [0.25, 0.3) is 5.65 Å². The minimum atomic E-state index is -2.74. The van der Waals surface area contributed by atoms with Crippen LogP contribution in [0, 0.1) is 6.92 Å². The summed E-state index contributed by atoms with van der Waals surface area (Å²) in [6.45, 7) is 1.57. The molecule has 0 radical (unpaired) electrons. The summed E-state index contributed by atoms with van der Waals surface area (Å²) in [4.78, 5) is 16.5. The molecule has 24 heavy (non-hydrogen) atoms. The van der Waals surface area contributed by atoms with Gasteiger partial charge in [-0.15, -0.1) is 0 Å². The Labute approximate surface area is 145 Å². The number of halogens is 4. The number of carbonyl (C=O) groups excluding carboxylic acids is 1. The Morgan fingerprint density at radius 2 is 2.00 bits per heavy atom. The molecule has 0 unspecified atom stereocenters. The van der Waals surface area contributed by atoms with Crippen molar-refractivity contribution in [2.75, 3.05) is 5.32 Å². The number of nitrogens with one attached hydrogen (secondary N) is 1. The van der Waals surface area contributed by atoms with Crippen molar-refractivity contribution in [1.82, 2.24) is 14.6 Å². The van der Waals surface area contributed by atoms with Gasteiger partial charge in [0.2, 0.25) is 0 Å². The first-order chi connectivity index (χ1) is 11.4. The normalized spacial score (nSPS) is 11.2. The van der Waals surface area contributed by atoms with Crippen molar-refractivity contribution in [3.05, 3.63) is 57.5 Å². The highest BCUT2D eigenvalue weighted by atomic mass is 35.5. The van der Waals surface area contributed by atoms with Crippen LogP contribution in [0.2, 0.25) is 10.0 Å². The molecule has 3 aromatic rings. The number of benzene rings is 1. The van der Waals surface area contributed by atoms with Crippen LogP contribution in [-0.4, -0.2) is 20.5 Å². The number of nitrogens with zero attached hydrogens (tertiary/aromatic N) is 3. The van der Waals surface area contributed by atoms with E-state index >= 15 is 0 Å². The monoisotopic (exact) mass is 370 g/mol. The summed E-state index contributed by atoms with van der Waals surface area (Å²) in [5.41, 5.74) is 0.581. The largest absolute Gasteiger partial charge is 0.322 e. The fourth-order valence-corrected chi connectivity index (χ4v) is 2.50. The molecule has 1 aromatic carbocycles. The van der Waals surface area contributed by atoms with E-state index in [1.54, 1.807) is 13.0 Å². The van der Waals surface area contributed by atoms with E-state index in [1.807, 2.05) is 0 Å². The van der Waals surface area contributed by atoms with Gasteiger partial charge >= 0.3 is 0 Å². The molecule has 0 aliphatic rings. The smallest absolute Gasteiger partial charge is 0.280 e. The standard InChI is InChI=1S/C15H10Cl2F2N4O/c1-7-4-12(13(18)19)23-14(21-7)9(6-20-23)15(24)22-8-2-3-10(16)11(17)5-8/h2-6,13H,1H3,(H,22,24). The van der Waals surface area contributed by atoms with Crippen LogP contribution in [0.3, 0.4) is 0 Å². The first-order valence-electron chi connectivity index (χ1n) is 6.76. The topological polar surface area (TPSA) is 59.3 Å². The van der Waals surface area contributed by atoms with Crippen molar-refractivity contribution < 1.29 is 13.6 Å². The first kappa shape index (κ1) is 16.6. The van der Waals surface area contributed by atoms with E-state index in [2.05, 4.69) is 15.4 Å². The van der Waals surface area contributed by atoms with Gasteiger partial charge in [0.25, 0.3) is 12.3 Å². The second-order valence-electron chi connectivity index (χ2n) is 5.00. The average Bonchev–Trinajstić information content (AvgIpc) is 2.93. The zero-order chi connectivity index (χ0) is 17.4. The molecule has 2 aromatic heterocycles. The summed E-state index contributed by atoms with van der Waals surface area (Å²) in [5.74, 6) is -0.540. The quantitative estimate of drug-likeness (QED) is 0.736. The lowest BCUT2D eigenvalue weighted by atomic mass is 10.2. The number of anilines is 1. The number of aromatic nitrogens is 3. The molecule has 124 valence electrons. The van der Waals surface area contributed by atoms with E-state index < -0.39 is 12.3 Å². The van der Waals surface area contributed by atoms with Crippen molar-refractivity contribution in [2.45, 2.75) is 13.3 Å². The number of hydrogen-bond donors (Lipinski definition) is 1. The van der Waals surface area contributed by atoms with Gasteiger partial charge in [-0.05, 0) is 31.2 Å². The second kappa shape index (κ2) is 6.33. The van der Waals surface area contributed by atoms with Crippen LogP contribution in [0.5, 0.6) is 0 Å². The molecule has 0 spiro atoms. The Balaban J connectivity index is 1.99. The van der Waals surface area contributed by atoms with Crippen molar-refractivity contribution in [1.29, 1.82) is 0 Å². The van der Waals surface area contributed by atoms with Gasteiger partial charge in [-0.25, -0.2) is 18.3 Å². The molecular formula is C15H10Cl2F2N4O. The highest BCUT2D eigenvalue weighted by Crippen LogP contribution is 2.26. The summed E-state index contributed by atoms with van der Waals surface area (Å²) in [7, 11) is 0. The lowest BCUT2D eigenvalue weighted by Gasteiger charge is -2.07. The second-order valence-corrected chi connectivity index (χ2v) is 5.81. The zero-order valence-electron chi connectivity index (χ0n) is 12.2. The number of fused-ring (bicyclic) bond motifs is 1. The van der Waals surface area contributed by atoms with Gasteiger partial charge in [-0.2, -0.15) is 5.10 Å². The van der Waals surface area contributed by atoms with E-state index in [9.17, 15) is 13.6 Å². The number of alkyl halides is 2. The van der Waals surface area contributed by atoms with Gasteiger partial charge < -0.3 is 5.32 Å². The third-order valence-corrected chi connectivity index (χ3v) is 4.01. The third-order valence-electron chi connectivity index (χ3n) is 3.27. The van der Waals surface area contributed by atoms with Gasteiger partial charge in [0, 0.05) is 11.4 Å². The summed E-state index contributed by atoms with van der Waals surface area (Å²) in [6.07, 6.45) is -1.54. The number of hydrogen-bond acceptors (Lipinski definition) is 3. The van der Waals surface area contributed by atoms with Crippen LogP contribution in [-0.2, 0) is 0 Å². The molecule has 5 nitrogen and oxygen atoms in total. The molecule has 0 aliphatic carbocycles. The predicted molar refractivity (Wildman–Crippen MR) is 87.1 cm³/mol. The minimum Gasteiger partial charge on any atom is -0.322 e. The Morgan fingerprint density at radius 3 is 2.67 bits per heavy atom. The Morgan fingerprint density at radius 1 is 1.25 bits per heavy atom. The lowest BCUT2D eigenvalue weighted by Crippen LogP contribution is -2.12. The maximum absolute atomic E-state index is 13.1. The van der Waals surface area contributed by atoms with Crippen molar-refractivity contribution in [3.8, 4) is 0 Å². The molecule has 0 bridgehead atoms. The van der Waals surface area contributed by atoms with Crippen LogP contribution in [0.15, 0.2) is 30.5 Å². The van der Waals surface area contributed by atoms with E-state index in [-0.39, 0.29) is 21.9 Å². The van der Waals surface area contributed by atoms with Crippen LogP contribution in [0.1, 0.15) is 28.2 Å². The number of carbonyl (C=O) groups is 1. The Hall–Kier alpha value is -2.25. The maximum atomic E-state index is 13.1. The maximum Gasteiger partial charge on any atom is 0.280 e. The fourth-order valence-electron chi connectivity index (χ4n) is 2.20. The molecule has 0 saturated carbocycles. The van der Waals surface area contributed by atoms with E-state index in [1.165, 1.54) is 24.4 Å². The molecule has 1 amide bonds. The van der Waals surface area contributed by atoms with Gasteiger partial charge in [0.15, 0.2) is 5.65 Å². The summed E-state index contributed by atoms with van der Waals surface area (Å²) >= 11 is 11.7. The van der Waals surface area contributed by atoms with Crippen molar-refractivity contribution in [3.63, 3.8) is 0 Å². The highest BCUT2D eigenvalue weighted by Gasteiger charge is 2.20. The van der Waals surface area contributed by atoms with E-state index in [0.717, 1.165) is 4.52 Å². The summed E-state index contributed by atoms with van der Waals surface area (Å²) < 4.78 is 27.2. The lowest BCUT2D eigenvalue weighted by molar-refractivity contribution is 0.102. The van der Waals surface area contributed by atoms with Crippen molar-refractivity contribution >= 4 is 40.4 Å². The molecular weight excluding hydrogens is 361 g/mol. The van der Waals surface area contributed by atoms with Gasteiger partial charge in [-0.3, -0.25) is 4.79 Å². The molecule has 0 aliphatic heterocycles. The van der Waals surface area contributed by atoms with Gasteiger partial charge in [0.1, 0.15) is 11.3 Å². The molecule has 1 N–H and O–H groups in total. The van der Waals surface area contributed by atoms with Crippen molar-refractivity contribution in [2.24, 2.45) is 0 Å². The minimum absolute atomic E-state index is 0.0582. The Bertz CT molecular complexity index is 943. The van der Waals surface area contributed by atoms with E-state index in [0.29, 0.717) is 16.4 Å². The fraction of sp³-hybridized carbons (Fsp3) is 0.133. The predicted octanol–water partition coefficient (Wildman–Crippen LogP) is 4.53. The van der Waals surface area contributed by atoms with Crippen LogP contribution < -0.4 is 5.32 Å². The van der Waals surface area contributed by atoms with E-state index in [4.69, 9.17) is 23.2 Å². The average molecular weight is 371 g/mol. The third kappa shape index (κ3) is 3.05. The Kier molecular flexibility index (Phi) is 4.38. The molecule has 9 heteroatoms. The molecule has 3 rings (SSSR count).